The van der Waals surface area contributed by atoms with Crippen molar-refractivity contribution in [1.82, 2.24) is 20.2 Å². The number of H-pyrrole nitrogens is 1. The lowest BCUT2D eigenvalue weighted by Gasteiger charge is -2.26. The highest BCUT2D eigenvalue weighted by atomic mass is 32.2. The van der Waals surface area contributed by atoms with E-state index in [0.717, 1.165) is 55.2 Å². The molecule has 1 atom stereocenters. The van der Waals surface area contributed by atoms with Gasteiger partial charge in [-0.1, -0.05) is 30.3 Å². The van der Waals surface area contributed by atoms with Crippen LogP contribution in [-0.4, -0.2) is 65.4 Å². The molecule has 1 amide bonds. The van der Waals surface area contributed by atoms with Crippen LogP contribution in [0.25, 0.3) is 21.3 Å². The molecule has 2 N–H and O–H groups in total. The molecule has 0 bridgehead atoms. The molecular formula is C23H28N4O3S2. The largest absolute Gasteiger partial charge is 0.379 e. The number of fused-ring (bicyclic) bond motifs is 1. The van der Waals surface area contributed by atoms with Crippen molar-refractivity contribution < 1.29 is 9.53 Å². The third kappa shape index (κ3) is 5.78. The first kappa shape index (κ1) is 23.0. The number of ether oxygens (including phenoxy) is 1. The molecule has 1 aliphatic heterocycles. The highest BCUT2D eigenvalue weighted by Crippen LogP contribution is 2.30. The van der Waals surface area contributed by atoms with Gasteiger partial charge in [0.2, 0.25) is 5.91 Å². The summed E-state index contributed by atoms with van der Waals surface area (Å²) in [4.78, 5) is 35.8. The van der Waals surface area contributed by atoms with Crippen molar-refractivity contribution in [3.63, 3.8) is 0 Å². The van der Waals surface area contributed by atoms with Crippen LogP contribution in [0.2, 0.25) is 0 Å². The quantitative estimate of drug-likeness (QED) is 0.466. The molecule has 1 fully saturated rings. The Morgan fingerprint density at radius 3 is 2.88 bits per heavy atom. The number of carbonyl (C=O) groups excluding carboxylic acids is 1. The number of nitrogens with zero attached hydrogens (tertiary/aromatic N) is 2. The monoisotopic (exact) mass is 472 g/mol. The average Bonchev–Trinajstić information content (AvgIpc) is 3.26. The van der Waals surface area contributed by atoms with Crippen molar-refractivity contribution in [2.45, 2.75) is 24.3 Å². The lowest BCUT2D eigenvalue weighted by Crippen LogP contribution is -2.38. The van der Waals surface area contributed by atoms with E-state index in [-0.39, 0.29) is 16.7 Å². The van der Waals surface area contributed by atoms with Crippen LogP contribution in [0, 0.1) is 0 Å². The van der Waals surface area contributed by atoms with E-state index in [0.29, 0.717) is 23.5 Å². The summed E-state index contributed by atoms with van der Waals surface area (Å²) in [6, 6.07) is 9.86. The van der Waals surface area contributed by atoms with Crippen LogP contribution in [-0.2, 0) is 15.3 Å². The summed E-state index contributed by atoms with van der Waals surface area (Å²) >= 11 is 2.95. The molecule has 1 aromatic carbocycles. The van der Waals surface area contributed by atoms with Crippen LogP contribution in [0.3, 0.4) is 0 Å². The fourth-order valence-corrected chi connectivity index (χ4v) is 5.40. The predicted molar refractivity (Wildman–Crippen MR) is 131 cm³/mol. The zero-order valence-electron chi connectivity index (χ0n) is 18.1. The van der Waals surface area contributed by atoms with E-state index >= 15 is 0 Å². The molecule has 0 spiro atoms. The summed E-state index contributed by atoms with van der Waals surface area (Å²) in [5.41, 5.74) is 1.78. The number of morpholine rings is 1. The second kappa shape index (κ2) is 11.1. The van der Waals surface area contributed by atoms with Gasteiger partial charge in [-0.3, -0.25) is 14.5 Å². The van der Waals surface area contributed by atoms with Gasteiger partial charge in [-0.05, 0) is 25.5 Å². The second-order valence-corrected chi connectivity index (χ2v) is 9.95. The molecule has 3 heterocycles. The number of carbonyl (C=O) groups is 1. The number of aromatic amines is 1. The van der Waals surface area contributed by atoms with Gasteiger partial charge < -0.3 is 15.0 Å². The summed E-state index contributed by atoms with van der Waals surface area (Å²) in [5, 5.41) is 5.40. The van der Waals surface area contributed by atoms with Crippen molar-refractivity contribution in [2.75, 3.05) is 39.4 Å². The summed E-state index contributed by atoms with van der Waals surface area (Å²) in [5.74, 6) is 1.09. The summed E-state index contributed by atoms with van der Waals surface area (Å²) in [7, 11) is 0. The van der Waals surface area contributed by atoms with Gasteiger partial charge in [-0.15, -0.1) is 23.1 Å². The zero-order chi connectivity index (χ0) is 22.3. The van der Waals surface area contributed by atoms with Gasteiger partial charge in [0.05, 0.1) is 29.6 Å². The van der Waals surface area contributed by atoms with Crippen molar-refractivity contribution in [3.8, 4) is 11.1 Å². The Morgan fingerprint density at radius 1 is 1.31 bits per heavy atom. The van der Waals surface area contributed by atoms with Gasteiger partial charge in [0.25, 0.3) is 5.56 Å². The van der Waals surface area contributed by atoms with E-state index < -0.39 is 0 Å². The van der Waals surface area contributed by atoms with Crippen LogP contribution in [0.1, 0.15) is 19.2 Å². The summed E-state index contributed by atoms with van der Waals surface area (Å²) in [6.45, 7) is 7.04. The Labute approximate surface area is 195 Å². The topological polar surface area (TPSA) is 87.3 Å². The zero-order valence-corrected chi connectivity index (χ0v) is 19.8. The molecular weight excluding hydrogens is 444 g/mol. The van der Waals surface area contributed by atoms with Crippen LogP contribution in [0.5, 0.6) is 0 Å². The molecule has 0 unspecified atom stereocenters. The highest BCUT2D eigenvalue weighted by molar-refractivity contribution is 7.99. The SMILES string of the molecule is C[C@@H](SCc1nc2scc(-c3ccccc3)c2c(=O)[nH]1)C(=O)NCCCN1CCOCC1. The van der Waals surface area contributed by atoms with E-state index in [1.807, 2.05) is 42.6 Å². The predicted octanol–water partition coefficient (Wildman–Crippen LogP) is 3.11. The molecule has 0 radical (unpaired) electrons. The summed E-state index contributed by atoms with van der Waals surface area (Å²) in [6.07, 6.45) is 0.927. The number of rotatable bonds is 9. The molecule has 7 nitrogen and oxygen atoms in total. The third-order valence-electron chi connectivity index (χ3n) is 5.47. The van der Waals surface area contributed by atoms with Gasteiger partial charge in [0.1, 0.15) is 10.7 Å². The maximum atomic E-state index is 12.7. The van der Waals surface area contributed by atoms with E-state index in [2.05, 4.69) is 20.2 Å². The van der Waals surface area contributed by atoms with Crippen LogP contribution in [0.15, 0.2) is 40.5 Å². The highest BCUT2D eigenvalue weighted by Gasteiger charge is 2.16. The van der Waals surface area contributed by atoms with Gasteiger partial charge in [0, 0.05) is 30.6 Å². The van der Waals surface area contributed by atoms with Gasteiger partial charge in [0.15, 0.2) is 0 Å². The van der Waals surface area contributed by atoms with E-state index in [1.165, 1.54) is 23.1 Å². The molecule has 4 rings (SSSR count). The van der Waals surface area contributed by atoms with Crippen LogP contribution in [0.4, 0.5) is 0 Å². The number of aromatic nitrogens is 2. The number of hydrogen-bond donors (Lipinski definition) is 2. The van der Waals surface area contributed by atoms with E-state index in [1.54, 1.807) is 0 Å². The molecule has 1 saturated heterocycles. The number of nitrogens with one attached hydrogen (secondary N) is 2. The lowest BCUT2D eigenvalue weighted by atomic mass is 10.1. The minimum absolute atomic E-state index is 0.0166. The molecule has 170 valence electrons. The van der Waals surface area contributed by atoms with Crippen molar-refractivity contribution >= 4 is 39.2 Å². The fraction of sp³-hybridized carbons (Fsp3) is 0.435. The second-order valence-electron chi connectivity index (χ2n) is 7.76. The molecule has 0 saturated carbocycles. The first-order chi connectivity index (χ1) is 15.6. The van der Waals surface area contributed by atoms with Gasteiger partial charge in [-0.25, -0.2) is 4.98 Å². The first-order valence-corrected chi connectivity index (χ1v) is 12.8. The number of amides is 1. The molecule has 32 heavy (non-hydrogen) atoms. The van der Waals surface area contributed by atoms with E-state index in [4.69, 9.17) is 4.74 Å². The smallest absolute Gasteiger partial charge is 0.260 e. The normalized spacial score (nSPS) is 15.7. The lowest BCUT2D eigenvalue weighted by molar-refractivity contribution is -0.120. The molecule has 1 aliphatic rings. The number of benzene rings is 1. The van der Waals surface area contributed by atoms with Crippen LogP contribution >= 0.6 is 23.1 Å². The molecule has 2 aromatic heterocycles. The molecule has 3 aromatic rings. The Hall–Kier alpha value is -2.20. The maximum Gasteiger partial charge on any atom is 0.260 e. The molecule has 0 aliphatic carbocycles. The standard InChI is InChI=1S/C23H28N4O3S2/c1-16(21(28)24-8-5-9-27-10-12-30-13-11-27)31-15-19-25-22(29)20-18(14-32-23(20)26-19)17-6-3-2-4-7-17/h2-4,6-7,14,16H,5,8-13,15H2,1H3,(H,24,28)(H,25,26,29)/t16-/m1/s1. The van der Waals surface area contributed by atoms with Crippen molar-refractivity contribution in [1.29, 1.82) is 0 Å². The molecule has 9 heteroatoms. The Bertz CT molecular complexity index is 1090. The third-order valence-corrected chi connectivity index (χ3v) is 7.50. The Balaban J connectivity index is 1.29. The average molecular weight is 473 g/mol. The Kier molecular flexibility index (Phi) is 7.96. The van der Waals surface area contributed by atoms with Gasteiger partial charge in [-0.2, -0.15) is 0 Å². The summed E-state index contributed by atoms with van der Waals surface area (Å²) < 4.78 is 5.35. The number of hydrogen-bond acceptors (Lipinski definition) is 7. The fourth-order valence-electron chi connectivity index (χ4n) is 3.65. The Morgan fingerprint density at radius 2 is 2.09 bits per heavy atom. The number of thiophene rings is 1. The first-order valence-electron chi connectivity index (χ1n) is 10.9. The van der Waals surface area contributed by atoms with Crippen LogP contribution < -0.4 is 10.9 Å². The van der Waals surface area contributed by atoms with Gasteiger partial charge >= 0.3 is 0 Å². The number of thioether (sulfide) groups is 1. The minimum Gasteiger partial charge on any atom is -0.379 e. The van der Waals surface area contributed by atoms with Crippen molar-refractivity contribution in [2.24, 2.45) is 0 Å². The minimum atomic E-state index is -0.220. The van der Waals surface area contributed by atoms with E-state index in [9.17, 15) is 9.59 Å². The maximum absolute atomic E-state index is 12.7. The van der Waals surface area contributed by atoms with Crippen molar-refractivity contribution in [3.05, 3.63) is 51.9 Å².